The van der Waals surface area contributed by atoms with E-state index in [0.29, 0.717) is 17.9 Å². The topological polar surface area (TPSA) is 32.3 Å². The van der Waals surface area contributed by atoms with Crippen LogP contribution in [0.3, 0.4) is 0 Å². The Morgan fingerprint density at radius 3 is 2.84 bits per heavy atom. The Kier molecular flexibility index (Phi) is 4.65. The lowest BCUT2D eigenvalue weighted by molar-refractivity contribution is -0.132. The van der Waals surface area contributed by atoms with Gasteiger partial charge in [0.05, 0.1) is 6.42 Å². The second-order valence-corrected chi connectivity index (χ2v) is 8.43. The zero-order valence-corrected chi connectivity index (χ0v) is 15.6. The fraction of sp³-hybridized carbons (Fsp3) is 0.476. The molecule has 1 aliphatic carbocycles. The molecule has 1 atom stereocenters. The van der Waals surface area contributed by atoms with E-state index in [1.807, 2.05) is 6.07 Å². The van der Waals surface area contributed by atoms with Crippen molar-refractivity contribution in [1.82, 2.24) is 10.2 Å². The number of rotatable bonds is 5. The van der Waals surface area contributed by atoms with Gasteiger partial charge >= 0.3 is 0 Å². The van der Waals surface area contributed by atoms with Crippen molar-refractivity contribution in [2.45, 2.75) is 45.2 Å². The minimum atomic E-state index is 0.275. The van der Waals surface area contributed by atoms with Gasteiger partial charge in [0.25, 0.3) is 0 Å². The van der Waals surface area contributed by atoms with Gasteiger partial charge in [-0.2, -0.15) is 11.3 Å². The predicted molar refractivity (Wildman–Crippen MR) is 103 cm³/mol. The van der Waals surface area contributed by atoms with E-state index in [1.165, 1.54) is 30.4 Å². The third-order valence-electron chi connectivity index (χ3n) is 5.81. The number of carbonyl (C=O) groups excluding carboxylic acids is 1. The summed E-state index contributed by atoms with van der Waals surface area (Å²) in [6.45, 7) is 5.03. The van der Waals surface area contributed by atoms with Crippen LogP contribution in [0.5, 0.6) is 0 Å². The molecule has 1 amide bonds. The quantitative estimate of drug-likeness (QED) is 0.886. The maximum absolute atomic E-state index is 13.2. The summed E-state index contributed by atoms with van der Waals surface area (Å²) in [5.74, 6) is 0.275. The SMILES string of the molecule is Cc1cccc(CC(=O)N(Cc2ccsc2)C2CC23CCNCC3)c1. The predicted octanol–water partition coefficient (Wildman–Crippen LogP) is 3.77. The third kappa shape index (κ3) is 3.65. The number of aryl methyl sites for hydroxylation is 1. The van der Waals surface area contributed by atoms with Crippen LogP contribution < -0.4 is 5.32 Å². The molecule has 1 aliphatic heterocycles. The number of piperidine rings is 1. The van der Waals surface area contributed by atoms with Crippen molar-refractivity contribution in [3.8, 4) is 0 Å². The largest absolute Gasteiger partial charge is 0.334 e. The summed E-state index contributed by atoms with van der Waals surface area (Å²) in [5, 5.41) is 7.73. The normalized spacial score (nSPS) is 21.2. The van der Waals surface area contributed by atoms with Gasteiger partial charge in [0.15, 0.2) is 0 Å². The first kappa shape index (κ1) is 16.8. The zero-order chi connectivity index (χ0) is 17.3. The first-order chi connectivity index (χ1) is 12.2. The molecule has 0 radical (unpaired) electrons. The Bertz CT molecular complexity index is 734. The fourth-order valence-electron chi connectivity index (χ4n) is 4.28. The second kappa shape index (κ2) is 6.93. The number of nitrogens with zero attached hydrogens (tertiary/aromatic N) is 1. The fourth-order valence-corrected chi connectivity index (χ4v) is 4.94. The second-order valence-electron chi connectivity index (χ2n) is 7.65. The molecule has 25 heavy (non-hydrogen) atoms. The molecule has 1 aromatic heterocycles. The van der Waals surface area contributed by atoms with E-state index in [2.05, 4.69) is 52.2 Å². The summed E-state index contributed by atoms with van der Waals surface area (Å²) < 4.78 is 0. The highest BCUT2D eigenvalue weighted by atomic mass is 32.1. The van der Waals surface area contributed by atoms with Gasteiger partial charge in [-0.15, -0.1) is 0 Å². The van der Waals surface area contributed by atoms with Gasteiger partial charge in [0.1, 0.15) is 0 Å². The molecule has 1 spiro atoms. The number of nitrogens with one attached hydrogen (secondary N) is 1. The molecule has 2 aromatic rings. The highest BCUT2D eigenvalue weighted by Gasteiger charge is 2.57. The lowest BCUT2D eigenvalue weighted by atomic mass is 9.93. The Balaban J connectivity index is 1.52. The maximum atomic E-state index is 13.2. The van der Waals surface area contributed by atoms with Crippen LogP contribution in [0.4, 0.5) is 0 Å². The van der Waals surface area contributed by atoms with Crippen LogP contribution in [0.25, 0.3) is 0 Å². The summed E-state index contributed by atoms with van der Waals surface area (Å²) in [6.07, 6.45) is 4.10. The van der Waals surface area contributed by atoms with E-state index in [4.69, 9.17) is 0 Å². The van der Waals surface area contributed by atoms with E-state index in [9.17, 15) is 4.79 Å². The standard InChI is InChI=1S/C21H26N2OS/c1-16-3-2-4-17(11-16)12-20(24)23(14-18-5-10-25-15-18)19-13-21(19)6-8-22-9-7-21/h2-5,10-11,15,19,22H,6-9,12-14H2,1H3. The molecule has 1 saturated carbocycles. The maximum Gasteiger partial charge on any atom is 0.227 e. The van der Waals surface area contributed by atoms with Crippen LogP contribution >= 0.6 is 11.3 Å². The minimum absolute atomic E-state index is 0.275. The number of hydrogen-bond acceptors (Lipinski definition) is 3. The first-order valence-electron chi connectivity index (χ1n) is 9.23. The number of hydrogen-bond donors (Lipinski definition) is 1. The molecular formula is C21H26N2OS. The van der Waals surface area contributed by atoms with Crippen LogP contribution in [0.2, 0.25) is 0 Å². The Morgan fingerprint density at radius 1 is 1.28 bits per heavy atom. The van der Waals surface area contributed by atoms with Crippen molar-refractivity contribution < 1.29 is 4.79 Å². The molecule has 4 heteroatoms. The third-order valence-corrected chi connectivity index (χ3v) is 6.55. The summed E-state index contributed by atoms with van der Waals surface area (Å²) in [5.41, 5.74) is 3.98. The van der Waals surface area contributed by atoms with Crippen LogP contribution in [0.1, 0.15) is 36.0 Å². The monoisotopic (exact) mass is 354 g/mol. The Hall–Kier alpha value is -1.65. The molecule has 0 bridgehead atoms. The van der Waals surface area contributed by atoms with E-state index < -0.39 is 0 Å². The summed E-state index contributed by atoms with van der Waals surface area (Å²) in [7, 11) is 0. The molecule has 1 unspecified atom stereocenters. The number of thiophene rings is 1. The molecule has 1 saturated heterocycles. The lowest BCUT2D eigenvalue weighted by Gasteiger charge is -2.29. The van der Waals surface area contributed by atoms with E-state index in [-0.39, 0.29) is 5.91 Å². The van der Waals surface area contributed by atoms with Gasteiger partial charge in [0, 0.05) is 12.6 Å². The van der Waals surface area contributed by atoms with Gasteiger partial charge in [0.2, 0.25) is 5.91 Å². The molecule has 1 N–H and O–H groups in total. The van der Waals surface area contributed by atoms with Gasteiger partial charge < -0.3 is 10.2 Å². The van der Waals surface area contributed by atoms with Crippen molar-refractivity contribution in [2.75, 3.05) is 13.1 Å². The molecule has 4 rings (SSSR count). The molecule has 2 fully saturated rings. The first-order valence-corrected chi connectivity index (χ1v) is 10.2. The van der Waals surface area contributed by atoms with Crippen molar-refractivity contribution in [1.29, 1.82) is 0 Å². The summed E-state index contributed by atoms with van der Waals surface area (Å²) in [4.78, 5) is 15.3. The molecular weight excluding hydrogens is 328 g/mol. The van der Waals surface area contributed by atoms with Gasteiger partial charge in [-0.3, -0.25) is 4.79 Å². The number of benzene rings is 1. The summed E-state index contributed by atoms with van der Waals surface area (Å²) in [6, 6.07) is 10.9. The van der Waals surface area contributed by atoms with Crippen molar-refractivity contribution >= 4 is 17.2 Å². The van der Waals surface area contributed by atoms with Crippen LogP contribution in [-0.4, -0.2) is 29.9 Å². The van der Waals surface area contributed by atoms with E-state index >= 15 is 0 Å². The van der Waals surface area contributed by atoms with Crippen LogP contribution in [-0.2, 0) is 17.8 Å². The van der Waals surface area contributed by atoms with Gasteiger partial charge in [-0.05, 0) is 72.6 Å². The molecule has 2 heterocycles. The smallest absolute Gasteiger partial charge is 0.227 e. The molecule has 132 valence electrons. The van der Waals surface area contributed by atoms with Crippen LogP contribution in [0.15, 0.2) is 41.1 Å². The number of amides is 1. The van der Waals surface area contributed by atoms with Gasteiger partial charge in [-0.1, -0.05) is 29.8 Å². The van der Waals surface area contributed by atoms with Crippen molar-refractivity contribution in [3.05, 3.63) is 57.8 Å². The zero-order valence-electron chi connectivity index (χ0n) is 14.8. The molecule has 3 nitrogen and oxygen atoms in total. The van der Waals surface area contributed by atoms with E-state index in [0.717, 1.165) is 25.2 Å². The van der Waals surface area contributed by atoms with Crippen molar-refractivity contribution in [2.24, 2.45) is 5.41 Å². The highest BCUT2D eigenvalue weighted by Crippen LogP contribution is 2.56. The Morgan fingerprint density at radius 2 is 2.12 bits per heavy atom. The number of carbonyl (C=O) groups is 1. The van der Waals surface area contributed by atoms with E-state index in [1.54, 1.807) is 11.3 Å². The van der Waals surface area contributed by atoms with Crippen LogP contribution in [0, 0.1) is 12.3 Å². The Labute approximate surface area is 154 Å². The molecule has 1 aromatic carbocycles. The lowest BCUT2D eigenvalue weighted by Crippen LogP contribution is -2.39. The van der Waals surface area contributed by atoms with Crippen molar-refractivity contribution in [3.63, 3.8) is 0 Å². The molecule has 2 aliphatic rings. The summed E-state index contributed by atoms with van der Waals surface area (Å²) >= 11 is 1.71. The van der Waals surface area contributed by atoms with Gasteiger partial charge in [-0.25, -0.2) is 0 Å². The highest BCUT2D eigenvalue weighted by molar-refractivity contribution is 7.07. The average molecular weight is 355 g/mol. The minimum Gasteiger partial charge on any atom is -0.334 e. The average Bonchev–Trinajstić information content (AvgIpc) is 3.04.